The van der Waals surface area contributed by atoms with Gasteiger partial charge >= 0.3 is 0 Å². The van der Waals surface area contributed by atoms with Gasteiger partial charge in [0, 0.05) is 19.2 Å². The van der Waals surface area contributed by atoms with Crippen molar-refractivity contribution in [2.45, 2.75) is 19.9 Å². The minimum absolute atomic E-state index is 0.0271. The van der Waals surface area contributed by atoms with Gasteiger partial charge in [0.25, 0.3) is 5.56 Å². The number of nitrogens with zero attached hydrogens (tertiary/aromatic N) is 3. The van der Waals surface area contributed by atoms with Crippen molar-refractivity contribution in [2.24, 2.45) is 0 Å². The summed E-state index contributed by atoms with van der Waals surface area (Å²) in [4.78, 5) is 20.5. The molecule has 0 aliphatic heterocycles. The molecule has 0 spiro atoms. The third kappa shape index (κ3) is 2.19. The van der Waals surface area contributed by atoms with Crippen LogP contribution in [0.15, 0.2) is 16.9 Å². The molecule has 0 atom stereocenters. The van der Waals surface area contributed by atoms with E-state index in [2.05, 4.69) is 9.97 Å². The first-order valence-electron chi connectivity index (χ1n) is 5.70. The summed E-state index contributed by atoms with van der Waals surface area (Å²) in [5, 5.41) is 8.88. The largest absolute Gasteiger partial charge is 0.481 e. The Morgan fingerprint density at radius 2 is 2.17 bits per heavy atom. The van der Waals surface area contributed by atoms with Crippen LogP contribution >= 0.6 is 0 Å². The number of rotatable bonds is 4. The number of fused-ring (bicyclic) bond motifs is 1. The Labute approximate surface area is 104 Å². The summed E-state index contributed by atoms with van der Waals surface area (Å²) >= 11 is 0. The molecule has 6 heteroatoms. The molecule has 96 valence electrons. The Morgan fingerprint density at radius 3 is 2.83 bits per heavy atom. The van der Waals surface area contributed by atoms with E-state index in [4.69, 9.17) is 9.84 Å². The van der Waals surface area contributed by atoms with Crippen LogP contribution < -0.4 is 10.3 Å². The van der Waals surface area contributed by atoms with Gasteiger partial charge < -0.3 is 9.84 Å². The number of aromatic nitrogens is 3. The van der Waals surface area contributed by atoms with Crippen molar-refractivity contribution >= 4 is 11.2 Å². The van der Waals surface area contributed by atoms with Gasteiger partial charge in [-0.05, 0) is 19.4 Å². The summed E-state index contributed by atoms with van der Waals surface area (Å²) < 4.78 is 6.57. The molecule has 2 rings (SSSR count). The maximum Gasteiger partial charge on any atom is 0.273 e. The molecule has 0 saturated heterocycles. The molecule has 0 fully saturated rings. The lowest BCUT2D eigenvalue weighted by molar-refractivity contribution is 0.279. The number of methoxy groups -OCH3 is 1. The van der Waals surface area contributed by atoms with Gasteiger partial charge in [0.2, 0.25) is 5.88 Å². The van der Waals surface area contributed by atoms with Crippen LogP contribution in [0.3, 0.4) is 0 Å². The maximum atomic E-state index is 12.0. The predicted molar refractivity (Wildman–Crippen MR) is 66.8 cm³/mol. The first kappa shape index (κ1) is 12.5. The van der Waals surface area contributed by atoms with E-state index >= 15 is 0 Å². The number of ether oxygens (including phenoxy) is 1. The number of hydrogen-bond acceptors (Lipinski definition) is 5. The van der Waals surface area contributed by atoms with Crippen molar-refractivity contribution in [2.75, 3.05) is 13.7 Å². The standard InChI is InChI=1S/C12H15N3O3/c1-8-12(17)15(6-3-7-16)11-9(13-8)4-5-10(14-11)18-2/h4-5,16H,3,6-7H2,1-2H3. The number of hydrogen-bond donors (Lipinski definition) is 1. The summed E-state index contributed by atoms with van der Waals surface area (Å²) in [6.45, 7) is 2.11. The molecule has 2 heterocycles. The van der Waals surface area contributed by atoms with E-state index in [1.165, 1.54) is 11.7 Å². The number of aliphatic hydroxyl groups is 1. The van der Waals surface area contributed by atoms with E-state index in [-0.39, 0.29) is 12.2 Å². The number of aryl methyl sites for hydroxylation is 2. The average molecular weight is 249 g/mol. The maximum absolute atomic E-state index is 12.0. The summed E-state index contributed by atoms with van der Waals surface area (Å²) in [6.07, 6.45) is 0.497. The van der Waals surface area contributed by atoms with Crippen molar-refractivity contribution in [1.82, 2.24) is 14.5 Å². The second-order valence-electron chi connectivity index (χ2n) is 3.93. The summed E-state index contributed by atoms with van der Waals surface area (Å²) in [5.74, 6) is 0.435. The van der Waals surface area contributed by atoms with Crippen LogP contribution in [0.25, 0.3) is 11.2 Å². The van der Waals surface area contributed by atoms with Crippen LogP contribution in [0.2, 0.25) is 0 Å². The molecule has 0 unspecified atom stereocenters. The van der Waals surface area contributed by atoms with E-state index in [1.807, 2.05) is 0 Å². The van der Waals surface area contributed by atoms with Gasteiger partial charge in [-0.2, -0.15) is 4.98 Å². The Hall–Kier alpha value is -1.95. The number of aliphatic hydroxyl groups excluding tert-OH is 1. The Morgan fingerprint density at radius 1 is 1.39 bits per heavy atom. The van der Waals surface area contributed by atoms with E-state index in [0.717, 1.165) is 0 Å². The third-order valence-electron chi connectivity index (χ3n) is 2.68. The second kappa shape index (κ2) is 5.14. The molecule has 0 aliphatic carbocycles. The van der Waals surface area contributed by atoms with E-state index in [1.54, 1.807) is 19.1 Å². The van der Waals surface area contributed by atoms with E-state index < -0.39 is 0 Å². The highest BCUT2D eigenvalue weighted by Gasteiger charge is 2.10. The molecular formula is C12H15N3O3. The smallest absolute Gasteiger partial charge is 0.273 e. The zero-order valence-corrected chi connectivity index (χ0v) is 10.4. The van der Waals surface area contributed by atoms with Crippen LogP contribution in [-0.4, -0.2) is 33.4 Å². The highest BCUT2D eigenvalue weighted by molar-refractivity contribution is 5.70. The van der Waals surface area contributed by atoms with Crippen LogP contribution in [0.5, 0.6) is 5.88 Å². The molecule has 2 aromatic rings. The van der Waals surface area contributed by atoms with Crippen LogP contribution in [0.1, 0.15) is 12.1 Å². The molecule has 1 N–H and O–H groups in total. The van der Waals surface area contributed by atoms with Gasteiger partial charge in [-0.3, -0.25) is 9.36 Å². The molecule has 0 bridgehead atoms. The molecule has 6 nitrogen and oxygen atoms in total. The van der Waals surface area contributed by atoms with Gasteiger partial charge in [0.15, 0.2) is 5.65 Å². The average Bonchev–Trinajstić information content (AvgIpc) is 2.39. The van der Waals surface area contributed by atoms with Crippen LogP contribution in [0.4, 0.5) is 0 Å². The van der Waals surface area contributed by atoms with Crippen LogP contribution in [0, 0.1) is 6.92 Å². The van der Waals surface area contributed by atoms with E-state index in [0.29, 0.717) is 35.7 Å². The summed E-state index contributed by atoms with van der Waals surface area (Å²) in [6, 6.07) is 3.47. The fourth-order valence-electron chi connectivity index (χ4n) is 1.78. The zero-order chi connectivity index (χ0) is 13.1. The SMILES string of the molecule is COc1ccc2nc(C)c(=O)n(CCCO)c2n1. The fraction of sp³-hybridized carbons (Fsp3) is 0.417. The lowest BCUT2D eigenvalue weighted by Gasteiger charge is -2.10. The van der Waals surface area contributed by atoms with Gasteiger partial charge in [-0.15, -0.1) is 0 Å². The van der Waals surface area contributed by atoms with Crippen molar-refractivity contribution in [3.63, 3.8) is 0 Å². The molecule has 0 radical (unpaired) electrons. The highest BCUT2D eigenvalue weighted by atomic mass is 16.5. The topological polar surface area (TPSA) is 77.2 Å². The zero-order valence-electron chi connectivity index (χ0n) is 10.4. The van der Waals surface area contributed by atoms with Gasteiger partial charge in [-0.25, -0.2) is 4.98 Å². The van der Waals surface area contributed by atoms with Gasteiger partial charge in [-0.1, -0.05) is 0 Å². The van der Waals surface area contributed by atoms with Gasteiger partial charge in [0.05, 0.1) is 7.11 Å². The third-order valence-corrected chi connectivity index (χ3v) is 2.68. The second-order valence-corrected chi connectivity index (χ2v) is 3.93. The summed E-state index contributed by atoms with van der Waals surface area (Å²) in [7, 11) is 1.52. The summed E-state index contributed by atoms with van der Waals surface area (Å²) in [5.41, 5.74) is 1.37. The van der Waals surface area contributed by atoms with Crippen molar-refractivity contribution in [3.8, 4) is 5.88 Å². The molecule has 0 aliphatic rings. The Bertz CT molecular complexity index is 622. The minimum Gasteiger partial charge on any atom is -0.481 e. The van der Waals surface area contributed by atoms with Crippen LogP contribution in [-0.2, 0) is 6.54 Å². The lowest BCUT2D eigenvalue weighted by atomic mass is 10.3. The van der Waals surface area contributed by atoms with Crippen molar-refractivity contribution < 1.29 is 9.84 Å². The Kier molecular flexibility index (Phi) is 3.57. The van der Waals surface area contributed by atoms with Crippen molar-refractivity contribution in [3.05, 3.63) is 28.2 Å². The first-order valence-corrected chi connectivity index (χ1v) is 5.70. The van der Waals surface area contributed by atoms with Crippen molar-refractivity contribution in [1.29, 1.82) is 0 Å². The molecule has 2 aromatic heterocycles. The first-order chi connectivity index (χ1) is 8.67. The fourth-order valence-corrected chi connectivity index (χ4v) is 1.78. The predicted octanol–water partition coefficient (Wildman–Crippen LogP) is 0.491. The molecular weight excluding hydrogens is 234 g/mol. The minimum atomic E-state index is -0.184. The Balaban J connectivity index is 2.68. The molecule has 0 saturated carbocycles. The van der Waals surface area contributed by atoms with E-state index in [9.17, 15) is 4.79 Å². The lowest BCUT2D eigenvalue weighted by Crippen LogP contribution is -2.25. The normalized spacial score (nSPS) is 10.8. The molecule has 0 amide bonds. The molecule has 0 aromatic carbocycles. The quantitative estimate of drug-likeness (QED) is 0.853. The van der Waals surface area contributed by atoms with Gasteiger partial charge in [0.1, 0.15) is 11.2 Å². The monoisotopic (exact) mass is 249 g/mol. The highest BCUT2D eigenvalue weighted by Crippen LogP contribution is 2.13. The molecule has 18 heavy (non-hydrogen) atoms. The number of pyridine rings is 1.